The normalized spacial score (nSPS) is 25.0. The molecule has 6 heteroatoms. The maximum atomic E-state index is 9.79. The van der Waals surface area contributed by atoms with Gasteiger partial charge in [0.15, 0.2) is 0 Å². The highest BCUT2D eigenvalue weighted by Gasteiger charge is 2.35. The molecule has 130 valence electrons. The van der Waals surface area contributed by atoms with Crippen molar-refractivity contribution in [1.29, 1.82) is 0 Å². The van der Waals surface area contributed by atoms with E-state index in [4.69, 9.17) is 4.42 Å². The van der Waals surface area contributed by atoms with Crippen LogP contribution in [-0.2, 0) is 6.54 Å². The SMILES string of the molecule is CC(C)n1cc([C@@H]2CN(Cc3ncc(C4CC4)o3)C[C@H]2CO)cn1. The molecule has 4 rings (SSSR count). The number of aliphatic hydroxyl groups is 1. The molecule has 2 fully saturated rings. The van der Waals surface area contributed by atoms with Crippen LogP contribution in [0.2, 0.25) is 0 Å². The predicted molar refractivity (Wildman–Crippen MR) is 89.7 cm³/mol. The van der Waals surface area contributed by atoms with Gasteiger partial charge in [-0.3, -0.25) is 9.58 Å². The fraction of sp³-hybridized carbons (Fsp3) is 0.667. The standard InChI is InChI=1S/C18H26N4O2/c1-12(2)22-8-14(5-20-22)16-9-21(7-15(16)11-23)10-18-19-6-17(24-18)13-3-4-13/h5-6,8,12-13,15-16,23H,3-4,7,9-11H2,1-2H3/t15-,16-/m0/s1. The van der Waals surface area contributed by atoms with Crippen LogP contribution in [0.4, 0.5) is 0 Å². The first kappa shape index (κ1) is 15.8. The molecule has 0 unspecified atom stereocenters. The van der Waals surface area contributed by atoms with Gasteiger partial charge in [0.05, 0.1) is 18.9 Å². The van der Waals surface area contributed by atoms with Gasteiger partial charge in [-0.25, -0.2) is 4.98 Å². The van der Waals surface area contributed by atoms with Crippen molar-refractivity contribution in [3.63, 3.8) is 0 Å². The Balaban J connectivity index is 1.44. The molecule has 1 aliphatic heterocycles. The van der Waals surface area contributed by atoms with Gasteiger partial charge in [-0.15, -0.1) is 0 Å². The van der Waals surface area contributed by atoms with Crippen molar-refractivity contribution in [1.82, 2.24) is 19.7 Å². The largest absolute Gasteiger partial charge is 0.444 e. The van der Waals surface area contributed by atoms with Gasteiger partial charge in [0, 0.05) is 49.7 Å². The topological polar surface area (TPSA) is 67.3 Å². The van der Waals surface area contributed by atoms with Gasteiger partial charge in [-0.2, -0.15) is 5.10 Å². The number of hydrogen-bond acceptors (Lipinski definition) is 5. The molecule has 2 aliphatic rings. The molecule has 2 aromatic rings. The molecule has 0 bridgehead atoms. The summed E-state index contributed by atoms with van der Waals surface area (Å²) in [4.78, 5) is 6.76. The van der Waals surface area contributed by atoms with Crippen molar-refractivity contribution in [2.45, 2.75) is 51.1 Å². The highest BCUT2D eigenvalue weighted by molar-refractivity contribution is 5.17. The molecule has 0 radical (unpaired) electrons. The molecule has 1 saturated heterocycles. The lowest BCUT2D eigenvalue weighted by Gasteiger charge is -2.14. The quantitative estimate of drug-likeness (QED) is 0.881. The number of likely N-dealkylation sites (tertiary alicyclic amines) is 1. The minimum absolute atomic E-state index is 0.201. The van der Waals surface area contributed by atoms with Gasteiger partial charge in [-0.1, -0.05) is 0 Å². The second-order valence-electron chi connectivity index (χ2n) is 7.52. The molecular weight excluding hydrogens is 304 g/mol. The van der Waals surface area contributed by atoms with Gasteiger partial charge in [0.2, 0.25) is 5.89 Å². The van der Waals surface area contributed by atoms with E-state index in [1.807, 2.05) is 17.1 Å². The van der Waals surface area contributed by atoms with Gasteiger partial charge >= 0.3 is 0 Å². The van der Waals surface area contributed by atoms with Gasteiger partial charge in [-0.05, 0) is 32.3 Å². The summed E-state index contributed by atoms with van der Waals surface area (Å²) in [5.74, 6) is 3.00. The van der Waals surface area contributed by atoms with Crippen LogP contribution >= 0.6 is 0 Å². The van der Waals surface area contributed by atoms with E-state index >= 15 is 0 Å². The van der Waals surface area contributed by atoms with Crippen molar-refractivity contribution < 1.29 is 9.52 Å². The van der Waals surface area contributed by atoms with Gasteiger partial charge in [0.25, 0.3) is 0 Å². The lowest BCUT2D eigenvalue weighted by Crippen LogP contribution is -2.21. The van der Waals surface area contributed by atoms with Crippen LogP contribution in [0.15, 0.2) is 23.0 Å². The third-order valence-corrected chi connectivity index (χ3v) is 5.24. The van der Waals surface area contributed by atoms with Crippen molar-refractivity contribution in [2.75, 3.05) is 19.7 Å². The van der Waals surface area contributed by atoms with Crippen molar-refractivity contribution in [3.8, 4) is 0 Å². The summed E-state index contributed by atoms with van der Waals surface area (Å²) in [7, 11) is 0. The van der Waals surface area contributed by atoms with Crippen LogP contribution < -0.4 is 0 Å². The molecule has 1 N–H and O–H groups in total. The molecule has 1 saturated carbocycles. The molecule has 0 amide bonds. The summed E-state index contributed by atoms with van der Waals surface area (Å²) in [6.45, 7) is 6.96. The van der Waals surface area contributed by atoms with E-state index in [-0.39, 0.29) is 12.5 Å². The molecule has 1 aliphatic carbocycles. The number of oxazole rings is 1. The van der Waals surface area contributed by atoms with Gasteiger partial charge < -0.3 is 9.52 Å². The molecule has 2 aromatic heterocycles. The molecule has 2 atom stereocenters. The first-order valence-electron chi connectivity index (χ1n) is 8.96. The smallest absolute Gasteiger partial charge is 0.208 e. The molecule has 6 nitrogen and oxygen atoms in total. The minimum Gasteiger partial charge on any atom is -0.444 e. The Morgan fingerprint density at radius 1 is 1.29 bits per heavy atom. The highest BCUT2D eigenvalue weighted by Crippen LogP contribution is 2.40. The van der Waals surface area contributed by atoms with Crippen LogP contribution in [0.5, 0.6) is 0 Å². The maximum absolute atomic E-state index is 9.79. The Hall–Kier alpha value is -1.66. The molecule has 3 heterocycles. The third kappa shape index (κ3) is 3.13. The third-order valence-electron chi connectivity index (χ3n) is 5.24. The van der Waals surface area contributed by atoms with E-state index in [0.717, 1.165) is 31.3 Å². The van der Waals surface area contributed by atoms with Crippen LogP contribution in [0, 0.1) is 5.92 Å². The Labute approximate surface area is 142 Å². The molecule has 24 heavy (non-hydrogen) atoms. The first-order valence-corrected chi connectivity index (χ1v) is 8.96. The highest BCUT2D eigenvalue weighted by atomic mass is 16.4. The number of aromatic nitrogens is 3. The second-order valence-corrected chi connectivity index (χ2v) is 7.52. The van der Waals surface area contributed by atoms with E-state index in [2.05, 4.69) is 35.0 Å². The van der Waals surface area contributed by atoms with E-state index in [0.29, 0.717) is 17.9 Å². The van der Waals surface area contributed by atoms with Crippen molar-refractivity contribution >= 4 is 0 Å². The summed E-state index contributed by atoms with van der Waals surface area (Å²) in [6.07, 6.45) is 8.42. The molecule has 0 spiro atoms. The minimum atomic E-state index is 0.201. The predicted octanol–water partition coefficient (Wildman–Crippen LogP) is 2.54. The second kappa shape index (κ2) is 6.33. The lowest BCUT2D eigenvalue weighted by molar-refractivity contribution is 0.209. The van der Waals surface area contributed by atoms with Crippen LogP contribution in [-0.4, -0.2) is 44.5 Å². The van der Waals surface area contributed by atoms with Crippen LogP contribution in [0.3, 0.4) is 0 Å². The Bertz CT molecular complexity index is 689. The van der Waals surface area contributed by atoms with Crippen molar-refractivity contribution in [2.24, 2.45) is 5.92 Å². The fourth-order valence-corrected chi connectivity index (χ4v) is 3.62. The van der Waals surface area contributed by atoms with Crippen LogP contribution in [0.1, 0.15) is 61.8 Å². The number of hydrogen-bond donors (Lipinski definition) is 1. The molecular formula is C18H26N4O2. The summed E-state index contributed by atoms with van der Waals surface area (Å²) >= 11 is 0. The van der Waals surface area contributed by atoms with Crippen molar-refractivity contribution in [3.05, 3.63) is 35.8 Å². The molecule has 0 aromatic carbocycles. The summed E-state index contributed by atoms with van der Waals surface area (Å²) in [5.41, 5.74) is 1.22. The van der Waals surface area contributed by atoms with Gasteiger partial charge in [0.1, 0.15) is 5.76 Å². The van der Waals surface area contributed by atoms with E-state index in [1.54, 1.807) is 0 Å². The summed E-state index contributed by atoms with van der Waals surface area (Å²) in [6, 6.07) is 0.358. The zero-order chi connectivity index (χ0) is 16.7. The fourth-order valence-electron chi connectivity index (χ4n) is 3.62. The average molecular weight is 330 g/mol. The Morgan fingerprint density at radius 2 is 2.12 bits per heavy atom. The van der Waals surface area contributed by atoms with Crippen LogP contribution in [0.25, 0.3) is 0 Å². The Kier molecular flexibility index (Phi) is 4.18. The zero-order valence-electron chi connectivity index (χ0n) is 14.4. The maximum Gasteiger partial charge on any atom is 0.208 e. The monoisotopic (exact) mass is 330 g/mol. The number of aliphatic hydroxyl groups excluding tert-OH is 1. The van der Waals surface area contributed by atoms with E-state index in [1.165, 1.54) is 18.4 Å². The summed E-state index contributed by atoms with van der Waals surface area (Å²) in [5, 5.41) is 14.2. The zero-order valence-corrected chi connectivity index (χ0v) is 14.4. The lowest BCUT2D eigenvalue weighted by atomic mass is 9.92. The average Bonchev–Trinajstić information content (AvgIpc) is 3.01. The van der Waals surface area contributed by atoms with E-state index < -0.39 is 0 Å². The van der Waals surface area contributed by atoms with E-state index in [9.17, 15) is 5.11 Å². The Morgan fingerprint density at radius 3 is 2.79 bits per heavy atom. The number of nitrogens with zero attached hydrogens (tertiary/aromatic N) is 4. The number of rotatable bonds is 6. The summed E-state index contributed by atoms with van der Waals surface area (Å²) < 4.78 is 7.87. The first-order chi connectivity index (χ1) is 11.6.